The third kappa shape index (κ3) is 1.50. The van der Waals surface area contributed by atoms with Crippen LogP contribution >= 0.6 is 0 Å². The Labute approximate surface area is 85.1 Å². The average molecular weight is 191 g/mol. The molecule has 0 radical (unpaired) electrons. The van der Waals surface area contributed by atoms with Gasteiger partial charge in [-0.3, -0.25) is 0 Å². The van der Waals surface area contributed by atoms with Gasteiger partial charge < -0.3 is 10.5 Å². The fraction of sp³-hybridized carbons (Fsp3) is 0.500. The van der Waals surface area contributed by atoms with E-state index in [4.69, 9.17) is 10.5 Å². The van der Waals surface area contributed by atoms with Crippen molar-refractivity contribution in [1.29, 1.82) is 0 Å². The van der Waals surface area contributed by atoms with Gasteiger partial charge in [0, 0.05) is 11.5 Å². The normalized spacial score (nSPS) is 20.1. The Hall–Kier alpha value is -1.02. The number of hydrogen-bond acceptors (Lipinski definition) is 2. The van der Waals surface area contributed by atoms with Crippen molar-refractivity contribution in [1.82, 2.24) is 0 Å². The molecule has 1 atom stereocenters. The minimum atomic E-state index is 0.486. The lowest BCUT2D eigenvalue weighted by molar-refractivity contribution is 0.268. The van der Waals surface area contributed by atoms with Crippen LogP contribution in [0.15, 0.2) is 12.1 Å². The van der Waals surface area contributed by atoms with Gasteiger partial charge in [-0.15, -0.1) is 0 Å². The fourth-order valence-corrected chi connectivity index (χ4v) is 2.27. The molecule has 14 heavy (non-hydrogen) atoms. The van der Waals surface area contributed by atoms with Crippen LogP contribution in [-0.2, 0) is 0 Å². The van der Waals surface area contributed by atoms with Gasteiger partial charge in [0.25, 0.3) is 0 Å². The number of nitrogens with two attached hydrogens (primary N) is 1. The van der Waals surface area contributed by atoms with Gasteiger partial charge in [0.05, 0.1) is 6.61 Å². The summed E-state index contributed by atoms with van der Waals surface area (Å²) in [6.45, 7) is 5.77. The Bertz CT molecular complexity index is 346. The first-order valence-corrected chi connectivity index (χ1v) is 5.16. The SMILES string of the molecule is Cc1cc(C)c2c(c1)OCCC2CN. The van der Waals surface area contributed by atoms with Crippen molar-refractivity contribution in [3.05, 3.63) is 28.8 Å². The summed E-state index contributed by atoms with van der Waals surface area (Å²) in [7, 11) is 0. The molecule has 1 heterocycles. The van der Waals surface area contributed by atoms with Crippen LogP contribution in [0.3, 0.4) is 0 Å². The molecule has 2 N–H and O–H groups in total. The number of rotatable bonds is 1. The van der Waals surface area contributed by atoms with Gasteiger partial charge in [0.1, 0.15) is 5.75 Å². The summed E-state index contributed by atoms with van der Waals surface area (Å²) in [6, 6.07) is 4.32. The van der Waals surface area contributed by atoms with E-state index in [1.807, 2.05) is 0 Å². The molecule has 0 aromatic heterocycles. The number of hydrogen-bond donors (Lipinski definition) is 1. The standard InChI is InChI=1S/C12H17NO/c1-8-5-9(2)12-10(7-13)3-4-14-11(12)6-8/h5-6,10H,3-4,7,13H2,1-2H3. The number of ether oxygens (including phenoxy) is 1. The highest BCUT2D eigenvalue weighted by Gasteiger charge is 2.22. The first kappa shape index (κ1) is 9.53. The summed E-state index contributed by atoms with van der Waals surface area (Å²) < 4.78 is 5.66. The quantitative estimate of drug-likeness (QED) is 0.738. The summed E-state index contributed by atoms with van der Waals surface area (Å²) in [4.78, 5) is 0. The van der Waals surface area contributed by atoms with Crippen LogP contribution in [0.25, 0.3) is 0 Å². The maximum absolute atomic E-state index is 5.77. The summed E-state index contributed by atoms with van der Waals surface area (Å²) in [6.07, 6.45) is 1.05. The van der Waals surface area contributed by atoms with Crippen LogP contribution in [0, 0.1) is 13.8 Å². The predicted molar refractivity (Wildman–Crippen MR) is 57.8 cm³/mol. The molecule has 0 spiro atoms. The third-order valence-corrected chi connectivity index (χ3v) is 2.91. The second kappa shape index (κ2) is 3.62. The van der Waals surface area contributed by atoms with E-state index in [0.717, 1.165) is 25.3 Å². The summed E-state index contributed by atoms with van der Waals surface area (Å²) in [5, 5.41) is 0. The summed E-state index contributed by atoms with van der Waals surface area (Å²) >= 11 is 0. The van der Waals surface area contributed by atoms with E-state index in [0.29, 0.717) is 5.92 Å². The largest absolute Gasteiger partial charge is 0.493 e. The minimum Gasteiger partial charge on any atom is -0.493 e. The molecule has 1 aromatic carbocycles. The predicted octanol–water partition coefficient (Wildman–Crippen LogP) is 2.13. The molecule has 2 heteroatoms. The number of aryl methyl sites for hydroxylation is 2. The molecule has 1 aliphatic heterocycles. The van der Waals surface area contributed by atoms with Crippen LogP contribution in [0.4, 0.5) is 0 Å². The molecule has 2 nitrogen and oxygen atoms in total. The maximum atomic E-state index is 5.77. The molecule has 0 saturated carbocycles. The topological polar surface area (TPSA) is 35.2 Å². The molecule has 0 saturated heterocycles. The van der Waals surface area contributed by atoms with Gasteiger partial charge >= 0.3 is 0 Å². The Balaban J connectivity index is 2.51. The second-order valence-corrected chi connectivity index (χ2v) is 4.06. The average Bonchev–Trinajstić information content (AvgIpc) is 2.16. The number of fused-ring (bicyclic) bond motifs is 1. The monoisotopic (exact) mass is 191 g/mol. The Morgan fingerprint density at radius 2 is 2.21 bits per heavy atom. The van der Waals surface area contributed by atoms with Crippen LogP contribution in [0.5, 0.6) is 5.75 Å². The van der Waals surface area contributed by atoms with Gasteiger partial charge in [-0.1, -0.05) is 6.07 Å². The van der Waals surface area contributed by atoms with Crippen molar-refractivity contribution < 1.29 is 4.74 Å². The van der Waals surface area contributed by atoms with Gasteiger partial charge in [-0.2, -0.15) is 0 Å². The van der Waals surface area contributed by atoms with Crippen molar-refractivity contribution in [3.63, 3.8) is 0 Å². The zero-order valence-corrected chi connectivity index (χ0v) is 8.84. The molecule has 2 rings (SSSR count). The minimum absolute atomic E-state index is 0.486. The van der Waals surface area contributed by atoms with Crippen molar-refractivity contribution in [2.45, 2.75) is 26.2 Å². The first-order valence-electron chi connectivity index (χ1n) is 5.16. The fourth-order valence-electron chi connectivity index (χ4n) is 2.27. The molecule has 0 bridgehead atoms. The zero-order chi connectivity index (χ0) is 10.1. The van der Waals surface area contributed by atoms with E-state index in [9.17, 15) is 0 Å². The van der Waals surface area contributed by atoms with Crippen molar-refractivity contribution in [2.24, 2.45) is 5.73 Å². The van der Waals surface area contributed by atoms with E-state index in [2.05, 4.69) is 26.0 Å². The third-order valence-electron chi connectivity index (χ3n) is 2.91. The van der Waals surface area contributed by atoms with Crippen LogP contribution < -0.4 is 10.5 Å². The van der Waals surface area contributed by atoms with Gasteiger partial charge in [0.2, 0.25) is 0 Å². The molecule has 76 valence electrons. The lowest BCUT2D eigenvalue weighted by atomic mass is 9.89. The first-order chi connectivity index (χ1) is 6.72. The lowest BCUT2D eigenvalue weighted by Gasteiger charge is -2.27. The Morgan fingerprint density at radius 3 is 2.93 bits per heavy atom. The molecular formula is C12H17NO. The molecule has 1 aromatic rings. The van der Waals surface area contributed by atoms with Gasteiger partial charge in [0.15, 0.2) is 0 Å². The van der Waals surface area contributed by atoms with Gasteiger partial charge in [-0.05, 0) is 44.0 Å². The number of benzene rings is 1. The van der Waals surface area contributed by atoms with E-state index in [1.165, 1.54) is 16.7 Å². The Morgan fingerprint density at radius 1 is 1.43 bits per heavy atom. The molecule has 1 aliphatic rings. The van der Waals surface area contributed by atoms with Gasteiger partial charge in [-0.25, -0.2) is 0 Å². The van der Waals surface area contributed by atoms with E-state index in [-0.39, 0.29) is 0 Å². The highest BCUT2D eigenvalue weighted by atomic mass is 16.5. The highest BCUT2D eigenvalue weighted by Crippen LogP contribution is 2.36. The van der Waals surface area contributed by atoms with Crippen LogP contribution in [-0.4, -0.2) is 13.2 Å². The Kier molecular flexibility index (Phi) is 2.46. The van der Waals surface area contributed by atoms with Crippen molar-refractivity contribution in [2.75, 3.05) is 13.2 Å². The van der Waals surface area contributed by atoms with Crippen LogP contribution in [0.1, 0.15) is 29.0 Å². The highest BCUT2D eigenvalue weighted by molar-refractivity contribution is 5.46. The van der Waals surface area contributed by atoms with Crippen molar-refractivity contribution in [3.8, 4) is 5.75 Å². The zero-order valence-electron chi connectivity index (χ0n) is 8.84. The smallest absolute Gasteiger partial charge is 0.123 e. The molecular weight excluding hydrogens is 174 g/mol. The summed E-state index contributed by atoms with van der Waals surface area (Å²) in [5.74, 6) is 1.53. The van der Waals surface area contributed by atoms with E-state index in [1.54, 1.807) is 0 Å². The van der Waals surface area contributed by atoms with E-state index >= 15 is 0 Å². The molecule has 0 fully saturated rings. The lowest BCUT2D eigenvalue weighted by Crippen LogP contribution is -2.22. The van der Waals surface area contributed by atoms with E-state index < -0.39 is 0 Å². The van der Waals surface area contributed by atoms with Crippen molar-refractivity contribution >= 4 is 0 Å². The van der Waals surface area contributed by atoms with Crippen LogP contribution in [0.2, 0.25) is 0 Å². The molecule has 0 aliphatic carbocycles. The molecule has 1 unspecified atom stereocenters. The summed E-state index contributed by atoms with van der Waals surface area (Å²) in [5.41, 5.74) is 9.67. The molecule has 0 amide bonds. The second-order valence-electron chi connectivity index (χ2n) is 4.06. The maximum Gasteiger partial charge on any atom is 0.123 e.